The number of rotatable bonds is 8. The fraction of sp³-hybridized carbons (Fsp3) is 0.227. The molecule has 0 radical (unpaired) electrons. The van der Waals surface area contributed by atoms with Crippen molar-refractivity contribution in [2.75, 3.05) is 13.7 Å². The Labute approximate surface area is 168 Å². The molecule has 0 atom stereocenters. The van der Waals surface area contributed by atoms with E-state index in [-0.39, 0.29) is 11.7 Å². The average Bonchev–Trinajstić information content (AvgIpc) is 3.24. The van der Waals surface area contributed by atoms with Gasteiger partial charge in [0.25, 0.3) is 5.91 Å². The summed E-state index contributed by atoms with van der Waals surface area (Å²) in [6.07, 6.45) is 0. The largest absolute Gasteiger partial charge is 0.507 e. The molecule has 1 N–H and O–H groups in total. The lowest BCUT2D eigenvalue weighted by Crippen LogP contribution is -2.30. The number of hydrogen-bond acceptors (Lipinski definition) is 5. The Hall–Kier alpha value is -2.99. The smallest absolute Gasteiger partial charge is 0.257 e. The number of benzene rings is 2. The van der Waals surface area contributed by atoms with Crippen LogP contribution in [0.25, 0.3) is 0 Å². The number of phenols is 1. The van der Waals surface area contributed by atoms with E-state index >= 15 is 0 Å². The highest BCUT2D eigenvalue weighted by Crippen LogP contribution is 2.30. The van der Waals surface area contributed by atoms with Crippen molar-refractivity contribution < 1.29 is 19.4 Å². The van der Waals surface area contributed by atoms with E-state index in [1.54, 1.807) is 41.5 Å². The summed E-state index contributed by atoms with van der Waals surface area (Å²) in [5.74, 6) is 1.06. The Bertz CT molecular complexity index is 924. The Morgan fingerprint density at radius 2 is 1.93 bits per heavy atom. The van der Waals surface area contributed by atoms with Gasteiger partial charge >= 0.3 is 0 Å². The van der Waals surface area contributed by atoms with Gasteiger partial charge in [-0.25, -0.2) is 0 Å². The van der Waals surface area contributed by atoms with Crippen LogP contribution in [0.2, 0.25) is 0 Å². The van der Waals surface area contributed by atoms with Crippen LogP contribution >= 0.6 is 11.3 Å². The van der Waals surface area contributed by atoms with Crippen LogP contribution in [0.5, 0.6) is 17.2 Å². The molecule has 2 aromatic carbocycles. The van der Waals surface area contributed by atoms with Gasteiger partial charge in [-0.15, -0.1) is 11.3 Å². The van der Waals surface area contributed by atoms with E-state index in [2.05, 4.69) is 0 Å². The number of nitrogens with zero attached hydrogens (tertiary/aromatic N) is 1. The predicted molar refractivity (Wildman–Crippen MR) is 110 cm³/mol. The minimum atomic E-state index is -0.211. The molecule has 0 aliphatic heterocycles. The lowest BCUT2D eigenvalue weighted by atomic mass is 10.1. The van der Waals surface area contributed by atoms with Crippen molar-refractivity contribution >= 4 is 17.2 Å². The maximum atomic E-state index is 12.8. The second kappa shape index (κ2) is 9.28. The molecule has 0 bridgehead atoms. The van der Waals surface area contributed by atoms with Crippen molar-refractivity contribution in [3.05, 3.63) is 76.0 Å². The summed E-state index contributed by atoms with van der Waals surface area (Å²) in [7, 11) is 1.60. The van der Waals surface area contributed by atoms with E-state index in [0.29, 0.717) is 36.8 Å². The van der Waals surface area contributed by atoms with Crippen molar-refractivity contribution in [2.45, 2.75) is 20.1 Å². The van der Waals surface area contributed by atoms with Crippen LogP contribution in [0.1, 0.15) is 27.7 Å². The topological polar surface area (TPSA) is 59.0 Å². The Balaban J connectivity index is 1.73. The Morgan fingerprint density at radius 1 is 1.11 bits per heavy atom. The molecule has 0 unspecified atom stereocenters. The van der Waals surface area contributed by atoms with Crippen LogP contribution in [0.4, 0.5) is 0 Å². The normalized spacial score (nSPS) is 10.5. The highest BCUT2D eigenvalue weighted by atomic mass is 32.1. The van der Waals surface area contributed by atoms with E-state index in [9.17, 15) is 9.90 Å². The molecule has 0 saturated heterocycles. The van der Waals surface area contributed by atoms with E-state index in [4.69, 9.17) is 9.47 Å². The van der Waals surface area contributed by atoms with Gasteiger partial charge in [0.2, 0.25) is 0 Å². The molecule has 0 aliphatic carbocycles. The first-order valence-corrected chi connectivity index (χ1v) is 9.89. The lowest BCUT2D eigenvalue weighted by molar-refractivity contribution is 0.0749. The Kier molecular flexibility index (Phi) is 6.55. The van der Waals surface area contributed by atoms with Crippen LogP contribution < -0.4 is 9.47 Å². The quantitative estimate of drug-likeness (QED) is 0.598. The van der Waals surface area contributed by atoms with Gasteiger partial charge in [-0.1, -0.05) is 24.3 Å². The summed E-state index contributed by atoms with van der Waals surface area (Å²) in [5, 5.41) is 12.0. The number of para-hydroxylation sites is 1. The Morgan fingerprint density at radius 3 is 2.61 bits per heavy atom. The maximum absolute atomic E-state index is 12.8. The first kappa shape index (κ1) is 19.8. The van der Waals surface area contributed by atoms with E-state index in [1.807, 2.05) is 42.6 Å². The minimum absolute atomic E-state index is 0.0131. The van der Waals surface area contributed by atoms with Crippen molar-refractivity contribution in [3.8, 4) is 17.2 Å². The number of amides is 1. The third kappa shape index (κ3) is 4.64. The summed E-state index contributed by atoms with van der Waals surface area (Å²) in [5.41, 5.74) is 1.22. The molecule has 0 fully saturated rings. The van der Waals surface area contributed by atoms with Gasteiger partial charge < -0.3 is 19.5 Å². The fourth-order valence-corrected chi connectivity index (χ4v) is 3.46. The van der Waals surface area contributed by atoms with Gasteiger partial charge in [0.1, 0.15) is 12.4 Å². The highest BCUT2D eigenvalue weighted by molar-refractivity contribution is 7.09. The van der Waals surface area contributed by atoms with Crippen LogP contribution in [0.3, 0.4) is 0 Å². The molecule has 0 spiro atoms. The number of ether oxygens (including phenoxy) is 2. The number of carbonyl (C=O) groups excluding carboxylic acids is 1. The number of carbonyl (C=O) groups is 1. The molecule has 1 amide bonds. The summed E-state index contributed by atoms with van der Waals surface area (Å²) in [4.78, 5) is 15.6. The molecule has 6 heteroatoms. The number of hydrogen-bond donors (Lipinski definition) is 1. The number of thiophene rings is 1. The van der Waals surface area contributed by atoms with Crippen molar-refractivity contribution in [1.29, 1.82) is 0 Å². The van der Waals surface area contributed by atoms with Crippen molar-refractivity contribution in [2.24, 2.45) is 0 Å². The minimum Gasteiger partial charge on any atom is -0.507 e. The summed E-state index contributed by atoms with van der Waals surface area (Å²) in [6.45, 7) is 3.32. The second-order valence-electron chi connectivity index (χ2n) is 6.19. The molecule has 3 aromatic rings. The monoisotopic (exact) mass is 397 g/mol. The molecular formula is C22H23NO4S. The summed E-state index contributed by atoms with van der Waals surface area (Å²) in [6, 6.07) is 16.3. The van der Waals surface area contributed by atoms with Crippen LogP contribution in [-0.4, -0.2) is 29.6 Å². The van der Waals surface area contributed by atoms with Gasteiger partial charge in [-0.05, 0) is 48.2 Å². The van der Waals surface area contributed by atoms with Gasteiger partial charge in [0.15, 0.2) is 11.5 Å². The molecule has 5 nitrogen and oxygen atoms in total. The molecule has 1 aromatic heterocycles. The highest BCUT2D eigenvalue weighted by Gasteiger charge is 2.18. The molecular weight excluding hydrogens is 374 g/mol. The van der Waals surface area contributed by atoms with Gasteiger partial charge in [-0.2, -0.15) is 0 Å². The summed E-state index contributed by atoms with van der Waals surface area (Å²) >= 11 is 1.64. The van der Waals surface area contributed by atoms with Gasteiger partial charge in [0, 0.05) is 18.0 Å². The molecule has 0 aliphatic rings. The zero-order chi connectivity index (χ0) is 19.9. The van der Waals surface area contributed by atoms with Gasteiger partial charge in [0.05, 0.1) is 12.7 Å². The second-order valence-corrected chi connectivity index (χ2v) is 7.22. The van der Waals surface area contributed by atoms with E-state index in [0.717, 1.165) is 10.4 Å². The molecule has 28 heavy (non-hydrogen) atoms. The fourth-order valence-electron chi connectivity index (χ4n) is 2.85. The predicted octanol–water partition coefficient (Wildman–Crippen LogP) is 4.70. The first-order chi connectivity index (χ1) is 13.6. The number of methoxy groups -OCH3 is 1. The number of phenolic OH excluding ortho intramolecular Hbond substituents is 1. The zero-order valence-corrected chi connectivity index (χ0v) is 16.7. The third-order valence-electron chi connectivity index (χ3n) is 4.35. The molecule has 0 saturated carbocycles. The molecule has 146 valence electrons. The average molecular weight is 397 g/mol. The number of aromatic hydroxyl groups is 1. The van der Waals surface area contributed by atoms with Gasteiger partial charge in [-0.3, -0.25) is 4.79 Å². The third-order valence-corrected chi connectivity index (χ3v) is 5.20. The molecule has 3 rings (SSSR count). The van der Waals surface area contributed by atoms with E-state index in [1.165, 1.54) is 6.07 Å². The maximum Gasteiger partial charge on any atom is 0.257 e. The summed E-state index contributed by atoms with van der Waals surface area (Å²) < 4.78 is 11.3. The zero-order valence-electron chi connectivity index (χ0n) is 15.9. The van der Waals surface area contributed by atoms with Crippen molar-refractivity contribution in [1.82, 2.24) is 4.90 Å². The lowest BCUT2D eigenvalue weighted by Gasteiger charge is -2.22. The van der Waals surface area contributed by atoms with Crippen LogP contribution in [0, 0.1) is 0 Å². The SMILES string of the molecule is CCN(Cc1ccc(OCc2cccs2)c(OC)c1)C(=O)c1ccccc1O. The first-order valence-electron chi connectivity index (χ1n) is 9.01. The molecule has 1 heterocycles. The standard InChI is InChI=1S/C22H23NO4S/c1-3-23(22(25)18-8-4-5-9-19(18)24)14-16-10-11-20(21(13-16)26-2)27-15-17-7-6-12-28-17/h4-13,24H,3,14-15H2,1-2H3. The van der Waals surface area contributed by atoms with E-state index < -0.39 is 0 Å². The van der Waals surface area contributed by atoms with Crippen LogP contribution in [0.15, 0.2) is 60.0 Å². The van der Waals surface area contributed by atoms with Crippen molar-refractivity contribution in [3.63, 3.8) is 0 Å². The van der Waals surface area contributed by atoms with Crippen LogP contribution in [-0.2, 0) is 13.2 Å².